The van der Waals surface area contributed by atoms with Crippen molar-refractivity contribution >= 4 is 29.5 Å². The molecule has 1 atom stereocenters. The molecule has 1 aromatic rings. The van der Waals surface area contributed by atoms with Gasteiger partial charge >= 0.3 is 5.97 Å². The molecule has 1 aromatic carbocycles. The molecular formula is C17H22N2O4S. The molecular weight excluding hydrogens is 328 g/mol. The first kappa shape index (κ1) is 18.3. The summed E-state index contributed by atoms with van der Waals surface area (Å²) in [7, 11) is 0. The Morgan fingerprint density at radius 1 is 1.29 bits per heavy atom. The first-order valence-corrected chi connectivity index (χ1v) is 8.97. The van der Waals surface area contributed by atoms with E-state index in [1.54, 1.807) is 31.2 Å². The van der Waals surface area contributed by atoms with Crippen molar-refractivity contribution in [2.24, 2.45) is 5.73 Å². The summed E-state index contributed by atoms with van der Waals surface area (Å²) < 4.78 is 5.28. The van der Waals surface area contributed by atoms with Crippen molar-refractivity contribution in [3.63, 3.8) is 0 Å². The number of hydrogen-bond acceptors (Lipinski definition) is 5. The van der Waals surface area contributed by atoms with Crippen molar-refractivity contribution < 1.29 is 19.1 Å². The largest absolute Gasteiger partial charge is 0.449 e. The molecule has 0 radical (unpaired) electrons. The van der Waals surface area contributed by atoms with Crippen LogP contribution in [-0.2, 0) is 14.3 Å². The minimum absolute atomic E-state index is 0.0714. The predicted molar refractivity (Wildman–Crippen MR) is 91.6 cm³/mol. The van der Waals surface area contributed by atoms with Crippen molar-refractivity contribution in [3.8, 4) is 0 Å². The SMILES string of the molecule is CC(OC(=O)c1ccccc1SCC(N)=O)C(=O)NC1CCCC1. The van der Waals surface area contributed by atoms with Gasteiger partial charge in [-0.05, 0) is 31.9 Å². The Hall–Kier alpha value is -2.02. The van der Waals surface area contributed by atoms with E-state index in [4.69, 9.17) is 10.5 Å². The zero-order valence-corrected chi connectivity index (χ0v) is 14.4. The molecule has 1 aliphatic rings. The number of ether oxygens (including phenoxy) is 1. The van der Waals surface area contributed by atoms with Crippen molar-refractivity contribution in [1.29, 1.82) is 0 Å². The van der Waals surface area contributed by atoms with Crippen LogP contribution in [0.2, 0.25) is 0 Å². The van der Waals surface area contributed by atoms with Gasteiger partial charge in [0.1, 0.15) is 0 Å². The fourth-order valence-electron chi connectivity index (χ4n) is 2.58. The van der Waals surface area contributed by atoms with Gasteiger partial charge in [0.2, 0.25) is 5.91 Å². The van der Waals surface area contributed by atoms with Crippen LogP contribution in [0.15, 0.2) is 29.2 Å². The molecule has 2 rings (SSSR count). The van der Waals surface area contributed by atoms with Gasteiger partial charge in [-0.25, -0.2) is 4.79 Å². The molecule has 2 amide bonds. The van der Waals surface area contributed by atoms with Crippen LogP contribution in [0, 0.1) is 0 Å². The van der Waals surface area contributed by atoms with E-state index in [2.05, 4.69) is 5.32 Å². The van der Waals surface area contributed by atoms with Crippen molar-refractivity contribution in [1.82, 2.24) is 5.32 Å². The molecule has 3 N–H and O–H groups in total. The van der Waals surface area contributed by atoms with Gasteiger partial charge in [-0.2, -0.15) is 0 Å². The van der Waals surface area contributed by atoms with Crippen LogP contribution < -0.4 is 11.1 Å². The van der Waals surface area contributed by atoms with Gasteiger partial charge in [0.25, 0.3) is 5.91 Å². The molecule has 0 saturated heterocycles. The second-order valence-corrected chi connectivity index (χ2v) is 6.81. The second kappa shape index (κ2) is 8.73. The van der Waals surface area contributed by atoms with E-state index in [0.717, 1.165) is 25.7 Å². The standard InChI is InChI=1S/C17H22N2O4S/c1-11(16(21)19-12-6-2-3-7-12)23-17(22)13-8-4-5-9-14(13)24-10-15(18)20/h4-5,8-9,11-12H,2-3,6-7,10H2,1H3,(H2,18,20)(H,19,21). The van der Waals surface area contributed by atoms with E-state index in [1.807, 2.05) is 0 Å². The van der Waals surface area contributed by atoms with Crippen molar-refractivity contribution in [2.75, 3.05) is 5.75 Å². The van der Waals surface area contributed by atoms with Crippen LogP contribution in [0.3, 0.4) is 0 Å². The van der Waals surface area contributed by atoms with E-state index in [9.17, 15) is 14.4 Å². The van der Waals surface area contributed by atoms with Crippen LogP contribution in [-0.4, -0.2) is 35.7 Å². The summed E-state index contributed by atoms with van der Waals surface area (Å²) in [4.78, 5) is 36.0. The lowest BCUT2D eigenvalue weighted by molar-refractivity contribution is -0.129. The molecule has 6 nitrogen and oxygen atoms in total. The summed E-state index contributed by atoms with van der Waals surface area (Å²) >= 11 is 1.17. The summed E-state index contributed by atoms with van der Waals surface area (Å²) in [6.07, 6.45) is 3.30. The maximum Gasteiger partial charge on any atom is 0.340 e. The number of primary amides is 1. The highest BCUT2D eigenvalue weighted by Gasteiger charge is 2.24. The Labute approximate surface area is 145 Å². The minimum atomic E-state index is -0.868. The van der Waals surface area contributed by atoms with E-state index >= 15 is 0 Å². The van der Waals surface area contributed by atoms with Gasteiger partial charge in [0.05, 0.1) is 11.3 Å². The van der Waals surface area contributed by atoms with Crippen LogP contribution in [0.1, 0.15) is 43.0 Å². The third-order valence-corrected chi connectivity index (χ3v) is 4.93. The monoisotopic (exact) mass is 350 g/mol. The number of esters is 1. The highest BCUT2D eigenvalue weighted by molar-refractivity contribution is 8.00. The molecule has 0 aromatic heterocycles. The molecule has 0 aliphatic heterocycles. The van der Waals surface area contributed by atoms with Crippen LogP contribution in [0.5, 0.6) is 0 Å². The van der Waals surface area contributed by atoms with Gasteiger partial charge in [0, 0.05) is 10.9 Å². The van der Waals surface area contributed by atoms with Gasteiger partial charge in [-0.1, -0.05) is 25.0 Å². The number of nitrogens with one attached hydrogen (secondary N) is 1. The third-order valence-electron chi connectivity index (χ3n) is 3.83. The molecule has 1 saturated carbocycles. The lowest BCUT2D eigenvalue weighted by Crippen LogP contribution is -2.40. The van der Waals surface area contributed by atoms with Crippen LogP contribution >= 0.6 is 11.8 Å². The first-order chi connectivity index (χ1) is 11.5. The van der Waals surface area contributed by atoms with Gasteiger partial charge in [-0.3, -0.25) is 9.59 Å². The van der Waals surface area contributed by atoms with Crippen molar-refractivity contribution in [3.05, 3.63) is 29.8 Å². The molecule has 1 aliphatic carbocycles. The zero-order valence-electron chi connectivity index (χ0n) is 13.6. The Morgan fingerprint density at radius 3 is 2.62 bits per heavy atom. The quantitative estimate of drug-likeness (QED) is 0.578. The highest BCUT2D eigenvalue weighted by atomic mass is 32.2. The molecule has 0 heterocycles. The van der Waals surface area contributed by atoms with E-state index in [0.29, 0.717) is 10.5 Å². The average Bonchev–Trinajstić information content (AvgIpc) is 3.06. The number of nitrogens with two attached hydrogens (primary N) is 1. The number of carbonyl (C=O) groups excluding carboxylic acids is 3. The fourth-order valence-corrected chi connectivity index (χ4v) is 3.36. The van der Waals surface area contributed by atoms with Gasteiger partial charge < -0.3 is 15.8 Å². The fraction of sp³-hybridized carbons (Fsp3) is 0.471. The Bertz CT molecular complexity index is 614. The molecule has 0 bridgehead atoms. The molecule has 7 heteroatoms. The first-order valence-electron chi connectivity index (χ1n) is 7.99. The lowest BCUT2D eigenvalue weighted by atomic mass is 10.2. The summed E-state index contributed by atoms with van der Waals surface area (Å²) in [5.74, 6) is -1.26. The number of thioether (sulfide) groups is 1. The van der Waals surface area contributed by atoms with Crippen LogP contribution in [0.25, 0.3) is 0 Å². The maximum absolute atomic E-state index is 12.3. The lowest BCUT2D eigenvalue weighted by Gasteiger charge is -2.17. The number of amides is 2. The smallest absolute Gasteiger partial charge is 0.340 e. The Kier molecular flexibility index (Phi) is 6.66. The summed E-state index contributed by atoms with van der Waals surface area (Å²) in [5.41, 5.74) is 5.46. The Morgan fingerprint density at radius 2 is 1.96 bits per heavy atom. The normalized spacial score (nSPS) is 15.7. The van der Waals surface area contributed by atoms with E-state index in [1.165, 1.54) is 11.8 Å². The molecule has 1 unspecified atom stereocenters. The molecule has 0 spiro atoms. The maximum atomic E-state index is 12.3. The predicted octanol–water partition coefficient (Wildman–Crippen LogP) is 1.87. The summed E-state index contributed by atoms with van der Waals surface area (Å²) in [5, 5.41) is 2.91. The number of carbonyl (C=O) groups is 3. The molecule has 130 valence electrons. The number of benzene rings is 1. The van der Waals surface area contributed by atoms with E-state index < -0.39 is 18.0 Å². The molecule has 1 fully saturated rings. The van der Waals surface area contributed by atoms with E-state index in [-0.39, 0.29) is 17.7 Å². The highest BCUT2D eigenvalue weighted by Crippen LogP contribution is 2.23. The Balaban J connectivity index is 1.95. The van der Waals surface area contributed by atoms with Crippen molar-refractivity contribution in [2.45, 2.75) is 49.6 Å². The number of rotatable bonds is 7. The topological polar surface area (TPSA) is 98.5 Å². The summed E-state index contributed by atoms with van der Waals surface area (Å²) in [6, 6.07) is 6.96. The van der Waals surface area contributed by atoms with Gasteiger partial charge in [-0.15, -0.1) is 11.8 Å². The van der Waals surface area contributed by atoms with Crippen LogP contribution in [0.4, 0.5) is 0 Å². The number of hydrogen-bond donors (Lipinski definition) is 2. The zero-order chi connectivity index (χ0) is 17.5. The second-order valence-electron chi connectivity index (χ2n) is 5.79. The average molecular weight is 350 g/mol. The minimum Gasteiger partial charge on any atom is -0.449 e. The third kappa shape index (κ3) is 5.26. The molecule has 24 heavy (non-hydrogen) atoms. The van der Waals surface area contributed by atoms with Gasteiger partial charge in [0.15, 0.2) is 6.10 Å². The summed E-state index contributed by atoms with van der Waals surface area (Å²) in [6.45, 7) is 1.56.